The molecule has 3 rings (SSSR count). The fourth-order valence-corrected chi connectivity index (χ4v) is 4.30. The number of aliphatic hydroxyl groups is 1. The zero-order chi connectivity index (χ0) is 18.4. The number of benzene rings is 1. The molecule has 0 atom stereocenters. The van der Waals surface area contributed by atoms with Crippen LogP contribution in [0.25, 0.3) is 10.9 Å². The number of para-hydroxylation sites is 1. The van der Waals surface area contributed by atoms with Gasteiger partial charge in [0.05, 0.1) is 15.8 Å². The Labute approximate surface area is 159 Å². The number of fused-ring (bicyclic) bond motifs is 1. The van der Waals surface area contributed by atoms with Gasteiger partial charge in [0.15, 0.2) is 10.9 Å². The normalized spacial score (nSPS) is 11.1. The highest BCUT2D eigenvalue weighted by molar-refractivity contribution is 7.99. The van der Waals surface area contributed by atoms with Crippen molar-refractivity contribution in [3.05, 3.63) is 57.0 Å². The maximum atomic E-state index is 12.7. The van der Waals surface area contributed by atoms with Crippen LogP contribution in [0, 0.1) is 0 Å². The fraction of sp³-hybridized carbons (Fsp3) is 0.316. The summed E-state index contributed by atoms with van der Waals surface area (Å²) in [5.74, 6) is 0.867. The van der Waals surface area contributed by atoms with Gasteiger partial charge in [-0.15, -0.1) is 11.3 Å². The summed E-state index contributed by atoms with van der Waals surface area (Å²) in [7, 11) is 0. The van der Waals surface area contributed by atoms with Crippen molar-refractivity contribution in [3.8, 4) is 0 Å². The van der Waals surface area contributed by atoms with E-state index in [1.807, 2.05) is 35.7 Å². The highest BCUT2D eigenvalue weighted by Crippen LogP contribution is 2.20. The number of nitrogens with zero attached hydrogens (tertiary/aromatic N) is 2. The molecule has 7 heteroatoms. The van der Waals surface area contributed by atoms with Gasteiger partial charge in [-0.1, -0.05) is 30.0 Å². The lowest BCUT2D eigenvalue weighted by Gasteiger charge is -2.12. The third kappa shape index (κ3) is 4.41. The first-order valence-electron chi connectivity index (χ1n) is 8.50. The fourth-order valence-electron chi connectivity index (χ4n) is 2.64. The van der Waals surface area contributed by atoms with E-state index in [0.29, 0.717) is 41.2 Å². The van der Waals surface area contributed by atoms with Gasteiger partial charge < -0.3 is 5.11 Å². The van der Waals surface area contributed by atoms with Crippen LogP contribution < -0.4 is 5.56 Å². The quantitative estimate of drug-likeness (QED) is 0.262. The molecule has 0 saturated heterocycles. The lowest BCUT2D eigenvalue weighted by Crippen LogP contribution is -2.24. The molecule has 0 radical (unpaired) electrons. The maximum Gasteiger partial charge on any atom is 0.262 e. The van der Waals surface area contributed by atoms with E-state index in [-0.39, 0.29) is 17.9 Å². The summed E-state index contributed by atoms with van der Waals surface area (Å²) in [5, 5.41) is 12.2. The highest BCUT2D eigenvalue weighted by Gasteiger charge is 2.12. The number of thiophene rings is 1. The molecule has 0 spiro atoms. The van der Waals surface area contributed by atoms with Gasteiger partial charge in [-0.05, 0) is 36.4 Å². The highest BCUT2D eigenvalue weighted by atomic mass is 32.2. The van der Waals surface area contributed by atoms with Crippen LogP contribution in [0.5, 0.6) is 0 Å². The van der Waals surface area contributed by atoms with Crippen molar-refractivity contribution >= 4 is 39.8 Å². The molecule has 0 saturated carbocycles. The van der Waals surface area contributed by atoms with E-state index in [9.17, 15) is 9.59 Å². The second kappa shape index (κ2) is 9.12. The number of thioether (sulfide) groups is 1. The number of aliphatic hydroxyl groups excluding tert-OH is 1. The van der Waals surface area contributed by atoms with Crippen molar-refractivity contribution in [2.75, 3.05) is 12.4 Å². The number of carbonyl (C=O) groups excluding carboxylic acids is 1. The molecule has 2 heterocycles. The van der Waals surface area contributed by atoms with E-state index in [0.717, 1.165) is 11.3 Å². The zero-order valence-electron chi connectivity index (χ0n) is 14.3. The Morgan fingerprint density at radius 1 is 1.19 bits per heavy atom. The Kier molecular flexibility index (Phi) is 6.60. The first kappa shape index (κ1) is 18.8. The lowest BCUT2D eigenvalue weighted by atomic mass is 10.2. The second-order valence-corrected chi connectivity index (χ2v) is 7.81. The van der Waals surface area contributed by atoms with Crippen LogP contribution in [0.3, 0.4) is 0 Å². The lowest BCUT2D eigenvalue weighted by molar-refractivity contribution is 0.0986. The van der Waals surface area contributed by atoms with Crippen LogP contribution in [-0.4, -0.2) is 32.8 Å². The van der Waals surface area contributed by atoms with Gasteiger partial charge >= 0.3 is 0 Å². The minimum Gasteiger partial charge on any atom is -0.396 e. The number of hydrogen-bond acceptors (Lipinski definition) is 6. The minimum absolute atomic E-state index is 0.0265. The van der Waals surface area contributed by atoms with E-state index in [2.05, 4.69) is 4.98 Å². The zero-order valence-corrected chi connectivity index (χ0v) is 15.9. The molecule has 0 unspecified atom stereocenters. The Balaban J connectivity index is 1.71. The number of hydrogen-bond donors (Lipinski definition) is 1. The summed E-state index contributed by atoms with van der Waals surface area (Å²) >= 11 is 2.95. The summed E-state index contributed by atoms with van der Waals surface area (Å²) in [6, 6.07) is 11.0. The van der Waals surface area contributed by atoms with E-state index in [4.69, 9.17) is 5.11 Å². The smallest absolute Gasteiger partial charge is 0.262 e. The standard InChI is InChI=1S/C19H20N2O3S2/c22-11-5-10-21-18(24)14-6-1-2-7-15(14)20-19(21)26-13-3-8-16(23)17-9-4-12-25-17/h1-2,4,6-7,9,12,22H,3,5,8,10-11,13H2. The number of rotatable bonds is 9. The topological polar surface area (TPSA) is 72.2 Å². The van der Waals surface area contributed by atoms with Gasteiger partial charge in [0.25, 0.3) is 5.56 Å². The summed E-state index contributed by atoms with van der Waals surface area (Å²) < 4.78 is 1.63. The summed E-state index contributed by atoms with van der Waals surface area (Å²) in [4.78, 5) is 30.2. The monoisotopic (exact) mass is 388 g/mol. The minimum atomic E-state index is -0.0822. The number of aromatic nitrogens is 2. The van der Waals surface area contributed by atoms with E-state index < -0.39 is 0 Å². The molecule has 1 N–H and O–H groups in total. The maximum absolute atomic E-state index is 12.7. The van der Waals surface area contributed by atoms with Gasteiger partial charge in [0.2, 0.25) is 0 Å². The molecule has 5 nitrogen and oxygen atoms in total. The van der Waals surface area contributed by atoms with Crippen molar-refractivity contribution in [2.24, 2.45) is 0 Å². The van der Waals surface area contributed by atoms with E-state index >= 15 is 0 Å². The molecule has 0 aliphatic heterocycles. The number of ketones is 1. The predicted octanol–water partition coefficient (Wildman–Crippen LogP) is 3.60. The molecule has 3 aromatic rings. The van der Waals surface area contributed by atoms with Gasteiger partial charge in [0.1, 0.15) is 0 Å². The Morgan fingerprint density at radius 2 is 2.04 bits per heavy atom. The Morgan fingerprint density at radius 3 is 2.81 bits per heavy atom. The predicted molar refractivity (Wildman–Crippen MR) is 106 cm³/mol. The van der Waals surface area contributed by atoms with Crippen molar-refractivity contribution < 1.29 is 9.90 Å². The first-order valence-corrected chi connectivity index (χ1v) is 10.4. The Bertz CT molecular complexity index is 936. The van der Waals surface area contributed by atoms with Crippen molar-refractivity contribution in [1.82, 2.24) is 9.55 Å². The van der Waals surface area contributed by atoms with E-state index in [1.54, 1.807) is 10.6 Å². The van der Waals surface area contributed by atoms with Crippen LogP contribution >= 0.6 is 23.1 Å². The molecule has 136 valence electrons. The SMILES string of the molecule is O=C(CCCSc1nc2ccccc2c(=O)n1CCCO)c1cccs1. The average Bonchev–Trinajstić information content (AvgIpc) is 3.19. The summed E-state index contributed by atoms with van der Waals surface area (Å²) in [6.07, 6.45) is 1.72. The van der Waals surface area contributed by atoms with Crippen LogP contribution in [-0.2, 0) is 6.54 Å². The number of carbonyl (C=O) groups is 1. The third-order valence-corrected chi connectivity index (χ3v) is 5.92. The van der Waals surface area contributed by atoms with Gasteiger partial charge in [-0.25, -0.2) is 4.98 Å². The van der Waals surface area contributed by atoms with Crippen molar-refractivity contribution in [3.63, 3.8) is 0 Å². The molecular formula is C19H20N2O3S2. The second-order valence-electron chi connectivity index (χ2n) is 5.80. The average molecular weight is 389 g/mol. The molecule has 0 aliphatic carbocycles. The van der Waals surface area contributed by atoms with Crippen LogP contribution in [0.1, 0.15) is 28.9 Å². The van der Waals surface area contributed by atoms with Crippen molar-refractivity contribution in [1.29, 1.82) is 0 Å². The van der Waals surface area contributed by atoms with Gasteiger partial charge in [-0.2, -0.15) is 0 Å². The number of Topliss-reactive ketones (excluding diaryl/α,β-unsaturated/α-hetero) is 1. The molecule has 0 bridgehead atoms. The molecule has 26 heavy (non-hydrogen) atoms. The molecule has 2 aromatic heterocycles. The largest absolute Gasteiger partial charge is 0.396 e. The van der Waals surface area contributed by atoms with Crippen LogP contribution in [0.4, 0.5) is 0 Å². The Hall–Kier alpha value is -1.96. The third-order valence-electron chi connectivity index (χ3n) is 3.94. The molecular weight excluding hydrogens is 368 g/mol. The molecule has 0 fully saturated rings. The van der Waals surface area contributed by atoms with Gasteiger partial charge in [0, 0.05) is 25.3 Å². The van der Waals surface area contributed by atoms with Crippen LogP contribution in [0.15, 0.2) is 51.7 Å². The van der Waals surface area contributed by atoms with Gasteiger partial charge in [-0.3, -0.25) is 14.2 Å². The summed E-state index contributed by atoms with van der Waals surface area (Å²) in [5.41, 5.74) is 0.594. The van der Waals surface area contributed by atoms with Crippen molar-refractivity contribution in [2.45, 2.75) is 31.0 Å². The first-order chi connectivity index (χ1) is 12.7. The molecule has 1 aromatic carbocycles. The van der Waals surface area contributed by atoms with Crippen LogP contribution in [0.2, 0.25) is 0 Å². The molecule has 0 aliphatic rings. The summed E-state index contributed by atoms with van der Waals surface area (Å²) in [6.45, 7) is 0.461. The molecule has 0 amide bonds. The van der Waals surface area contributed by atoms with E-state index in [1.165, 1.54) is 23.1 Å².